The van der Waals surface area contributed by atoms with E-state index in [0.717, 1.165) is 37.1 Å². The van der Waals surface area contributed by atoms with Crippen LogP contribution >= 0.6 is 11.6 Å². The summed E-state index contributed by atoms with van der Waals surface area (Å²) in [5, 5.41) is 3.56. The first-order chi connectivity index (χ1) is 13.5. The molecule has 3 rings (SSSR count). The van der Waals surface area contributed by atoms with E-state index in [4.69, 9.17) is 11.6 Å². The lowest BCUT2D eigenvalue weighted by molar-refractivity contribution is 0.0773. The predicted octanol–water partition coefficient (Wildman–Crippen LogP) is 5.09. The van der Waals surface area contributed by atoms with E-state index in [9.17, 15) is 9.18 Å². The Kier molecular flexibility index (Phi) is 7.08. The lowest BCUT2D eigenvalue weighted by Crippen LogP contribution is -2.31. The molecular weight excluding hydrogens is 375 g/mol. The van der Waals surface area contributed by atoms with Gasteiger partial charge in [-0.2, -0.15) is 0 Å². The smallest absolute Gasteiger partial charge is 0.253 e. The Morgan fingerprint density at radius 3 is 2.29 bits per heavy atom. The first-order valence-corrected chi connectivity index (χ1v) is 10.5. The molecule has 0 aromatic heterocycles. The van der Waals surface area contributed by atoms with Crippen molar-refractivity contribution in [2.24, 2.45) is 5.92 Å². The second-order valence-corrected chi connectivity index (χ2v) is 7.75. The zero-order valence-corrected chi connectivity index (χ0v) is 17.3. The Morgan fingerprint density at radius 1 is 1.11 bits per heavy atom. The zero-order chi connectivity index (χ0) is 20.1. The third-order valence-corrected chi connectivity index (χ3v) is 6.02. The fourth-order valence-electron chi connectivity index (χ4n) is 4.15. The average molecular weight is 403 g/mol. The molecule has 0 bridgehead atoms. The second-order valence-electron chi connectivity index (χ2n) is 7.34. The zero-order valence-electron chi connectivity index (χ0n) is 16.6. The third-order valence-electron chi connectivity index (χ3n) is 5.73. The van der Waals surface area contributed by atoms with Gasteiger partial charge in [0.25, 0.3) is 5.91 Å². The van der Waals surface area contributed by atoms with Crippen LogP contribution in [0.2, 0.25) is 5.02 Å². The van der Waals surface area contributed by atoms with Crippen molar-refractivity contribution >= 4 is 17.5 Å². The number of nitrogens with zero attached hydrogens (tertiary/aromatic N) is 1. The summed E-state index contributed by atoms with van der Waals surface area (Å²) in [6.45, 7) is 7.33. The largest absolute Gasteiger partial charge is 0.339 e. The maximum atomic E-state index is 13.7. The van der Waals surface area contributed by atoms with Crippen LogP contribution in [0, 0.1) is 11.7 Å². The van der Waals surface area contributed by atoms with E-state index in [0.29, 0.717) is 24.6 Å². The van der Waals surface area contributed by atoms with E-state index < -0.39 is 5.82 Å². The van der Waals surface area contributed by atoms with Crippen LogP contribution in [0.25, 0.3) is 0 Å². The van der Waals surface area contributed by atoms with Crippen molar-refractivity contribution in [3.05, 3.63) is 70.0 Å². The first kappa shape index (κ1) is 20.8. The summed E-state index contributed by atoms with van der Waals surface area (Å²) in [7, 11) is 0. The van der Waals surface area contributed by atoms with Gasteiger partial charge in [-0.05, 0) is 81.1 Å². The molecule has 0 radical (unpaired) electrons. The molecule has 1 unspecified atom stereocenters. The summed E-state index contributed by atoms with van der Waals surface area (Å²) in [5.41, 5.74) is 2.88. The molecule has 1 aliphatic rings. The molecule has 3 nitrogen and oxygen atoms in total. The molecule has 1 amide bonds. The molecule has 1 N–H and O–H groups in total. The van der Waals surface area contributed by atoms with Crippen molar-refractivity contribution in [3.8, 4) is 0 Å². The normalized spacial score (nSPS) is 16.0. The van der Waals surface area contributed by atoms with Crippen LogP contribution in [0.1, 0.15) is 54.1 Å². The summed E-state index contributed by atoms with van der Waals surface area (Å²) < 4.78 is 13.7. The van der Waals surface area contributed by atoms with Crippen molar-refractivity contribution in [2.45, 2.75) is 32.6 Å². The minimum Gasteiger partial charge on any atom is -0.339 e. The van der Waals surface area contributed by atoms with Crippen molar-refractivity contribution in [1.29, 1.82) is 0 Å². The fourth-order valence-corrected chi connectivity index (χ4v) is 4.34. The highest BCUT2D eigenvalue weighted by Crippen LogP contribution is 2.38. The number of nitrogens with one attached hydrogen (secondary N) is 1. The van der Waals surface area contributed by atoms with E-state index in [1.807, 2.05) is 49.1 Å². The molecule has 1 atom stereocenters. The van der Waals surface area contributed by atoms with Gasteiger partial charge in [-0.15, -0.1) is 0 Å². The summed E-state index contributed by atoms with van der Waals surface area (Å²) in [6, 6.07) is 12.9. The Morgan fingerprint density at radius 2 is 1.71 bits per heavy atom. The quantitative estimate of drug-likeness (QED) is 0.729. The molecule has 2 aromatic carbocycles. The molecule has 1 heterocycles. The molecule has 28 heavy (non-hydrogen) atoms. The van der Waals surface area contributed by atoms with E-state index in [1.54, 1.807) is 6.07 Å². The Labute approximate surface area is 171 Å². The molecular formula is C23H28ClFN2O. The summed E-state index contributed by atoms with van der Waals surface area (Å²) in [6.07, 6.45) is 2.11. The average Bonchev–Trinajstić information content (AvgIpc) is 2.73. The molecule has 1 saturated heterocycles. The number of amides is 1. The molecule has 0 saturated carbocycles. The Bertz CT molecular complexity index is 799. The molecule has 1 aliphatic heterocycles. The highest BCUT2D eigenvalue weighted by Gasteiger charge is 2.27. The third kappa shape index (κ3) is 4.56. The highest BCUT2D eigenvalue weighted by molar-refractivity contribution is 6.30. The van der Waals surface area contributed by atoms with Crippen LogP contribution in [-0.2, 0) is 0 Å². The monoisotopic (exact) mass is 402 g/mol. The lowest BCUT2D eigenvalue weighted by Gasteiger charge is -2.32. The SMILES string of the molecule is CCN(CC)C(=O)c1ccc(C(c2ccc(F)c(Cl)c2)C2CCNCC2)cc1. The van der Waals surface area contributed by atoms with Crippen molar-refractivity contribution in [3.63, 3.8) is 0 Å². The number of rotatable bonds is 6. The number of benzene rings is 2. The number of hydrogen-bond donors (Lipinski definition) is 1. The molecule has 150 valence electrons. The van der Waals surface area contributed by atoms with Gasteiger partial charge in [-0.25, -0.2) is 4.39 Å². The van der Waals surface area contributed by atoms with Gasteiger partial charge in [0.15, 0.2) is 0 Å². The van der Waals surface area contributed by atoms with Gasteiger partial charge in [0.2, 0.25) is 0 Å². The Balaban J connectivity index is 1.93. The standard InChI is InChI=1S/C23H28ClFN2O/c1-3-27(4-2)23(28)18-7-5-16(6-8-18)22(17-11-13-26-14-12-17)19-9-10-21(25)20(24)15-19/h5-10,15,17,22,26H,3-4,11-14H2,1-2H3. The van der Waals surface area contributed by atoms with Crippen LogP contribution in [0.15, 0.2) is 42.5 Å². The van der Waals surface area contributed by atoms with E-state index in [-0.39, 0.29) is 16.8 Å². The lowest BCUT2D eigenvalue weighted by atomic mass is 9.76. The van der Waals surface area contributed by atoms with Crippen molar-refractivity contribution in [1.82, 2.24) is 10.2 Å². The van der Waals surface area contributed by atoms with E-state index in [2.05, 4.69) is 5.32 Å². The van der Waals surface area contributed by atoms with Crippen LogP contribution < -0.4 is 5.32 Å². The van der Waals surface area contributed by atoms with Crippen molar-refractivity contribution in [2.75, 3.05) is 26.2 Å². The highest BCUT2D eigenvalue weighted by atomic mass is 35.5. The number of piperidine rings is 1. The summed E-state index contributed by atoms with van der Waals surface area (Å²) >= 11 is 6.08. The van der Waals surface area contributed by atoms with Gasteiger partial charge in [0, 0.05) is 24.6 Å². The van der Waals surface area contributed by atoms with Crippen LogP contribution in [0.4, 0.5) is 4.39 Å². The van der Waals surface area contributed by atoms with Crippen LogP contribution in [0.3, 0.4) is 0 Å². The van der Waals surface area contributed by atoms with E-state index in [1.165, 1.54) is 6.07 Å². The first-order valence-electron chi connectivity index (χ1n) is 10.1. The van der Waals surface area contributed by atoms with Gasteiger partial charge in [-0.3, -0.25) is 4.79 Å². The topological polar surface area (TPSA) is 32.3 Å². The molecule has 0 spiro atoms. The van der Waals surface area contributed by atoms with E-state index >= 15 is 0 Å². The van der Waals surface area contributed by atoms with Gasteiger partial charge in [-0.1, -0.05) is 29.8 Å². The minimum absolute atomic E-state index is 0.0554. The number of halogens is 2. The molecule has 5 heteroatoms. The van der Waals surface area contributed by atoms with Crippen LogP contribution in [0.5, 0.6) is 0 Å². The van der Waals surface area contributed by atoms with Gasteiger partial charge >= 0.3 is 0 Å². The summed E-state index contributed by atoms with van der Waals surface area (Å²) in [5.74, 6) is 0.249. The number of carbonyl (C=O) groups excluding carboxylic acids is 1. The fraction of sp³-hybridized carbons (Fsp3) is 0.435. The molecule has 0 aliphatic carbocycles. The maximum Gasteiger partial charge on any atom is 0.253 e. The Hall–Kier alpha value is -1.91. The van der Waals surface area contributed by atoms with Gasteiger partial charge in [0.05, 0.1) is 5.02 Å². The predicted molar refractivity (Wildman–Crippen MR) is 113 cm³/mol. The molecule has 1 fully saturated rings. The number of hydrogen-bond acceptors (Lipinski definition) is 2. The van der Waals surface area contributed by atoms with Crippen LogP contribution in [-0.4, -0.2) is 37.0 Å². The van der Waals surface area contributed by atoms with Gasteiger partial charge in [0.1, 0.15) is 5.82 Å². The molecule has 2 aromatic rings. The van der Waals surface area contributed by atoms with Gasteiger partial charge < -0.3 is 10.2 Å². The summed E-state index contributed by atoms with van der Waals surface area (Å²) in [4.78, 5) is 14.4. The van der Waals surface area contributed by atoms with Crippen molar-refractivity contribution < 1.29 is 9.18 Å². The maximum absolute atomic E-state index is 13.7. The number of carbonyl (C=O) groups is 1. The second kappa shape index (κ2) is 9.53. The minimum atomic E-state index is -0.394.